The number of pyridine rings is 1. The van der Waals surface area contributed by atoms with E-state index in [0.717, 1.165) is 17.0 Å². The lowest BCUT2D eigenvalue weighted by Crippen LogP contribution is -1.98. The average Bonchev–Trinajstić information content (AvgIpc) is 2.77. The molecular weight excluding hydrogens is 283 g/mol. The molecule has 0 aliphatic rings. The second kappa shape index (κ2) is 4.72. The summed E-state index contributed by atoms with van der Waals surface area (Å²) >= 11 is 11.9. The zero-order valence-corrected chi connectivity index (χ0v) is 11.4. The Bertz CT molecular complexity index is 751. The van der Waals surface area contributed by atoms with E-state index in [2.05, 4.69) is 10.2 Å². The maximum atomic E-state index is 6.00. The van der Waals surface area contributed by atoms with Crippen molar-refractivity contribution in [2.24, 2.45) is 0 Å². The molecule has 0 unspecified atom stereocenters. The molecule has 0 aliphatic heterocycles. The number of hydrogen-bond donors (Lipinski definition) is 1. The molecule has 3 aromatic rings. The van der Waals surface area contributed by atoms with E-state index in [4.69, 9.17) is 28.9 Å². The number of nitrogen functional groups attached to an aromatic ring is 1. The van der Waals surface area contributed by atoms with Gasteiger partial charge in [-0.2, -0.15) is 0 Å². The molecule has 0 atom stereocenters. The summed E-state index contributed by atoms with van der Waals surface area (Å²) in [6.07, 6.45) is 2.42. The molecular formula is C13H10Cl2N4. The van der Waals surface area contributed by atoms with Crippen molar-refractivity contribution >= 4 is 34.5 Å². The van der Waals surface area contributed by atoms with Crippen molar-refractivity contribution in [2.45, 2.75) is 6.42 Å². The number of rotatable bonds is 2. The predicted octanol–water partition coefficient (Wildman–Crippen LogP) is 3.21. The monoisotopic (exact) mass is 292 g/mol. The third kappa shape index (κ3) is 2.37. The van der Waals surface area contributed by atoms with Gasteiger partial charge in [-0.15, -0.1) is 10.2 Å². The van der Waals surface area contributed by atoms with Gasteiger partial charge < -0.3 is 5.73 Å². The number of nitrogens with zero attached hydrogens (tertiary/aromatic N) is 3. The Morgan fingerprint density at radius 1 is 1.05 bits per heavy atom. The zero-order valence-electron chi connectivity index (χ0n) is 9.85. The van der Waals surface area contributed by atoms with Gasteiger partial charge in [0.15, 0.2) is 5.65 Å². The Balaban J connectivity index is 2.00. The molecule has 1 aromatic carbocycles. The van der Waals surface area contributed by atoms with Gasteiger partial charge in [-0.05, 0) is 29.8 Å². The van der Waals surface area contributed by atoms with E-state index >= 15 is 0 Å². The quantitative estimate of drug-likeness (QED) is 0.789. The zero-order chi connectivity index (χ0) is 13.4. The molecule has 6 heteroatoms. The van der Waals surface area contributed by atoms with E-state index in [1.54, 1.807) is 12.1 Å². The molecule has 0 aliphatic carbocycles. The summed E-state index contributed by atoms with van der Waals surface area (Å²) in [6, 6.07) is 9.16. The van der Waals surface area contributed by atoms with Crippen molar-refractivity contribution < 1.29 is 0 Å². The van der Waals surface area contributed by atoms with Gasteiger partial charge in [0.2, 0.25) is 0 Å². The van der Waals surface area contributed by atoms with Crippen LogP contribution >= 0.6 is 23.2 Å². The van der Waals surface area contributed by atoms with Crippen molar-refractivity contribution in [3.05, 3.63) is 58.0 Å². The minimum Gasteiger partial charge on any atom is -0.398 e. The van der Waals surface area contributed by atoms with Gasteiger partial charge in [0.25, 0.3) is 0 Å². The number of nitrogens with two attached hydrogens (primary N) is 1. The molecule has 0 radical (unpaired) electrons. The smallest absolute Gasteiger partial charge is 0.160 e. The first-order chi connectivity index (χ1) is 9.13. The van der Waals surface area contributed by atoms with Gasteiger partial charge in [0, 0.05) is 18.3 Å². The fourth-order valence-electron chi connectivity index (χ4n) is 1.91. The highest BCUT2D eigenvalue weighted by atomic mass is 35.5. The lowest BCUT2D eigenvalue weighted by molar-refractivity contribution is 0.935. The highest BCUT2D eigenvalue weighted by Crippen LogP contribution is 2.23. The van der Waals surface area contributed by atoms with Crippen LogP contribution in [0.15, 0.2) is 36.5 Å². The summed E-state index contributed by atoms with van der Waals surface area (Å²) in [4.78, 5) is 0. The van der Waals surface area contributed by atoms with Gasteiger partial charge in [-0.1, -0.05) is 29.3 Å². The van der Waals surface area contributed by atoms with Crippen LogP contribution in [0.2, 0.25) is 10.0 Å². The van der Waals surface area contributed by atoms with Crippen LogP contribution in [0.5, 0.6) is 0 Å². The number of hydrogen-bond acceptors (Lipinski definition) is 3. The lowest BCUT2D eigenvalue weighted by atomic mass is 10.1. The van der Waals surface area contributed by atoms with Crippen molar-refractivity contribution in [2.75, 3.05) is 5.73 Å². The summed E-state index contributed by atoms with van der Waals surface area (Å²) in [7, 11) is 0. The number of benzene rings is 1. The van der Waals surface area contributed by atoms with E-state index in [9.17, 15) is 0 Å². The Morgan fingerprint density at radius 3 is 2.68 bits per heavy atom. The van der Waals surface area contributed by atoms with Crippen LogP contribution in [0.25, 0.3) is 5.65 Å². The Morgan fingerprint density at radius 2 is 1.89 bits per heavy atom. The largest absolute Gasteiger partial charge is 0.398 e. The molecule has 0 saturated carbocycles. The normalized spacial score (nSPS) is 11.1. The van der Waals surface area contributed by atoms with Crippen molar-refractivity contribution in [1.82, 2.24) is 14.6 Å². The van der Waals surface area contributed by atoms with E-state index in [1.165, 1.54) is 0 Å². The molecule has 4 nitrogen and oxygen atoms in total. The van der Waals surface area contributed by atoms with Crippen LogP contribution in [-0.2, 0) is 6.42 Å². The first-order valence-corrected chi connectivity index (χ1v) is 6.42. The lowest BCUT2D eigenvalue weighted by Gasteiger charge is -2.03. The van der Waals surface area contributed by atoms with E-state index < -0.39 is 0 Å². The SMILES string of the molecule is Nc1ccc2nnc(Cc3ccc(Cl)c(Cl)c3)n2c1. The Kier molecular flexibility index (Phi) is 3.05. The highest BCUT2D eigenvalue weighted by Gasteiger charge is 2.08. The van der Waals surface area contributed by atoms with Gasteiger partial charge in [-0.25, -0.2) is 0 Å². The van der Waals surface area contributed by atoms with Crippen LogP contribution in [0.3, 0.4) is 0 Å². The maximum Gasteiger partial charge on any atom is 0.160 e. The maximum absolute atomic E-state index is 6.00. The molecule has 0 saturated heterocycles. The van der Waals surface area contributed by atoms with Gasteiger partial charge in [0.1, 0.15) is 5.82 Å². The first kappa shape index (κ1) is 12.3. The summed E-state index contributed by atoms with van der Waals surface area (Å²) < 4.78 is 1.87. The summed E-state index contributed by atoms with van der Waals surface area (Å²) in [5.41, 5.74) is 8.23. The van der Waals surface area contributed by atoms with Crippen LogP contribution in [0.4, 0.5) is 5.69 Å². The van der Waals surface area contributed by atoms with Crippen molar-refractivity contribution in [3.63, 3.8) is 0 Å². The van der Waals surface area contributed by atoms with Crippen LogP contribution in [0.1, 0.15) is 11.4 Å². The van der Waals surface area contributed by atoms with Crippen molar-refractivity contribution in [1.29, 1.82) is 0 Å². The average molecular weight is 293 g/mol. The van der Waals surface area contributed by atoms with E-state index in [0.29, 0.717) is 22.2 Å². The summed E-state index contributed by atoms with van der Waals surface area (Å²) in [5.74, 6) is 0.806. The standard InChI is InChI=1S/C13H10Cl2N4/c14-10-3-1-8(5-11(10)15)6-13-18-17-12-4-2-9(16)7-19(12)13/h1-5,7H,6,16H2. The third-order valence-corrected chi connectivity index (χ3v) is 3.58. The topological polar surface area (TPSA) is 56.2 Å². The Labute approximate surface area is 119 Å². The molecule has 0 fully saturated rings. The fraction of sp³-hybridized carbons (Fsp3) is 0.0769. The highest BCUT2D eigenvalue weighted by molar-refractivity contribution is 6.42. The molecule has 0 spiro atoms. The molecule has 0 bridgehead atoms. The molecule has 2 N–H and O–H groups in total. The van der Waals surface area contributed by atoms with E-state index in [1.807, 2.05) is 28.8 Å². The third-order valence-electron chi connectivity index (χ3n) is 2.84. The predicted molar refractivity (Wildman–Crippen MR) is 76.7 cm³/mol. The molecule has 0 amide bonds. The molecule has 3 rings (SSSR count). The second-order valence-electron chi connectivity index (χ2n) is 4.23. The summed E-state index contributed by atoms with van der Waals surface area (Å²) in [5, 5.41) is 9.34. The molecule has 2 aromatic heterocycles. The van der Waals surface area contributed by atoms with Crippen LogP contribution < -0.4 is 5.73 Å². The number of aromatic nitrogens is 3. The van der Waals surface area contributed by atoms with Gasteiger partial charge >= 0.3 is 0 Å². The Hall–Kier alpha value is -1.78. The van der Waals surface area contributed by atoms with E-state index in [-0.39, 0.29) is 0 Å². The molecule has 2 heterocycles. The van der Waals surface area contributed by atoms with Crippen molar-refractivity contribution in [3.8, 4) is 0 Å². The van der Waals surface area contributed by atoms with Gasteiger partial charge in [0.05, 0.1) is 10.0 Å². The number of fused-ring (bicyclic) bond motifs is 1. The minimum atomic E-state index is 0.535. The minimum absolute atomic E-state index is 0.535. The first-order valence-electron chi connectivity index (χ1n) is 5.66. The van der Waals surface area contributed by atoms with Crippen LogP contribution in [0, 0.1) is 0 Å². The second-order valence-corrected chi connectivity index (χ2v) is 5.05. The summed E-state index contributed by atoms with van der Waals surface area (Å²) in [6.45, 7) is 0. The fourth-order valence-corrected chi connectivity index (χ4v) is 2.23. The molecule has 96 valence electrons. The number of anilines is 1. The number of halogens is 2. The van der Waals surface area contributed by atoms with Gasteiger partial charge in [-0.3, -0.25) is 4.40 Å². The molecule has 19 heavy (non-hydrogen) atoms. The van der Waals surface area contributed by atoms with Crippen LogP contribution in [-0.4, -0.2) is 14.6 Å².